The van der Waals surface area contributed by atoms with Crippen LogP contribution in [0.1, 0.15) is 70.1 Å². The van der Waals surface area contributed by atoms with Crippen molar-refractivity contribution in [2.24, 2.45) is 9.98 Å². The maximum Gasteiger partial charge on any atom is 0.236 e. The SMILES string of the molecule is CC(C)c1cccc(C(C)C)c1/N=C(/C1=NC(C)(C)CO1)c1ccccc1. The lowest BCUT2D eigenvalue weighted by molar-refractivity contribution is 0.282. The second-order valence-electron chi connectivity index (χ2n) is 8.44. The first-order valence-corrected chi connectivity index (χ1v) is 9.78. The summed E-state index contributed by atoms with van der Waals surface area (Å²) in [5.74, 6) is 1.42. The molecule has 0 fully saturated rings. The molecule has 1 aliphatic rings. The Balaban J connectivity index is 2.24. The van der Waals surface area contributed by atoms with E-state index in [9.17, 15) is 0 Å². The minimum Gasteiger partial charge on any atom is -0.474 e. The molecule has 3 rings (SSSR count). The minimum atomic E-state index is -0.219. The van der Waals surface area contributed by atoms with Gasteiger partial charge in [0.1, 0.15) is 12.3 Å². The van der Waals surface area contributed by atoms with Crippen molar-refractivity contribution in [2.75, 3.05) is 6.61 Å². The highest BCUT2D eigenvalue weighted by molar-refractivity contribution is 6.46. The van der Waals surface area contributed by atoms with E-state index in [-0.39, 0.29) is 5.54 Å². The van der Waals surface area contributed by atoms with E-state index in [1.54, 1.807) is 0 Å². The van der Waals surface area contributed by atoms with Gasteiger partial charge in [-0.25, -0.2) is 9.98 Å². The third-order valence-corrected chi connectivity index (χ3v) is 4.78. The third kappa shape index (κ3) is 4.29. The molecule has 0 saturated heterocycles. The summed E-state index contributed by atoms with van der Waals surface area (Å²) < 4.78 is 5.98. The first-order chi connectivity index (χ1) is 12.8. The summed E-state index contributed by atoms with van der Waals surface area (Å²) in [4.78, 5) is 9.99. The fourth-order valence-corrected chi connectivity index (χ4v) is 3.29. The van der Waals surface area contributed by atoms with Crippen LogP contribution in [0.5, 0.6) is 0 Å². The lowest BCUT2D eigenvalue weighted by atomic mass is 9.92. The lowest BCUT2D eigenvalue weighted by Gasteiger charge is -2.18. The summed E-state index contributed by atoms with van der Waals surface area (Å²) in [7, 11) is 0. The van der Waals surface area contributed by atoms with Crippen LogP contribution in [0.25, 0.3) is 0 Å². The number of hydrogen-bond acceptors (Lipinski definition) is 3. The zero-order valence-corrected chi connectivity index (χ0v) is 17.3. The van der Waals surface area contributed by atoms with Crippen LogP contribution < -0.4 is 0 Å². The van der Waals surface area contributed by atoms with E-state index in [0.717, 1.165) is 17.0 Å². The van der Waals surface area contributed by atoms with Crippen molar-refractivity contribution in [3.8, 4) is 0 Å². The molecule has 3 heteroatoms. The van der Waals surface area contributed by atoms with Gasteiger partial charge in [0.05, 0.1) is 11.2 Å². The number of benzene rings is 2. The van der Waals surface area contributed by atoms with E-state index >= 15 is 0 Å². The van der Waals surface area contributed by atoms with Crippen LogP contribution in [-0.4, -0.2) is 23.8 Å². The van der Waals surface area contributed by atoms with Crippen LogP contribution in [0.15, 0.2) is 58.5 Å². The molecule has 0 bridgehead atoms. The van der Waals surface area contributed by atoms with E-state index in [4.69, 9.17) is 14.7 Å². The average molecular weight is 363 g/mol. The Morgan fingerprint density at radius 2 is 1.52 bits per heavy atom. The molecule has 0 saturated carbocycles. The monoisotopic (exact) mass is 362 g/mol. The van der Waals surface area contributed by atoms with Crippen LogP contribution in [0.3, 0.4) is 0 Å². The smallest absolute Gasteiger partial charge is 0.236 e. The predicted molar refractivity (Wildman–Crippen MR) is 115 cm³/mol. The van der Waals surface area contributed by atoms with Gasteiger partial charge < -0.3 is 4.74 Å². The van der Waals surface area contributed by atoms with Crippen LogP contribution in [0.2, 0.25) is 0 Å². The zero-order chi connectivity index (χ0) is 19.6. The first kappa shape index (κ1) is 19.3. The Morgan fingerprint density at radius 3 is 2.00 bits per heavy atom. The molecule has 3 nitrogen and oxygen atoms in total. The van der Waals surface area contributed by atoms with Gasteiger partial charge in [0.2, 0.25) is 5.90 Å². The summed E-state index contributed by atoms with van der Waals surface area (Å²) in [6.45, 7) is 13.6. The Hall–Kier alpha value is -2.42. The number of rotatable bonds is 5. The average Bonchev–Trinajstić information content (AvgIpc) is 2.99. The van der Waals surface area contributed by atoms with Crippen molar-refractivity contribution in [1.82, 2.24) is 0 Å². The lowest BCUT2D eigenvalue weighted by Crippen LogP contribution is -2.17. The second-order valence-corrected chi connectivity index (χ2v) is 8.44. The van der Waals surface area contributed by atoms with E-state index in [1.807, 2.05) is 18.2 Å². The Kier molecular flexibility index (Phi) is 5.50. The molecule has 142 valence electrons. The molecule has 1 heterocycles. The molecule has 0 amide bonds. The highest BCUT2D eigenvalue weighted by Gasteiger charge is 2.30. The van der Waals surface area contributed by atoms with E-state index < -0.39 is 0 Å². The van der Waals surface area contributed by atoms with Gasteiger partial charge in [0.25, 0.3) is 0 Å². The van der Waals surface area contributed by atoms with Crippen molar-refractivity contribution in [1.29, 1.82) is 0 Å². The Bertz CT molecular complexity index is 835. The predicted octanol–water partition coefficient (Wildman–Crippen LogP) is 6.26. The third-order valence-electron chi connectivity index (χ3n) is 4.78. The molecule has 0 atom stereocenters. The summed E-state index contributed by atoms with van der Waals surface area (Å²) in [5.41, 5.74) is 5.19. The molecular weight excluding hydrogens is 332 g/mol. The number of aliphatic imine (C=N–C) groups is 2. The molecule has 2 aromatic carbocycles. The fourth-order valence-electron chi connectivity index (χ4n) is 3.29. The van der Waals surface area contributed by atoms with Gasteiger partial charge >= 0.3 is 0 Å². The van der Waals surface area contributed by atoms with Crippen molar-refractivity contribution in [3.63, 3.8) is 0 Å². The standard InChI is InChI=1S/C24H30N2O/c1-16(2)19-13-10-14-20(17(3)4)22(19)25-21(18-11-8-7-9-12-18)23-26-24(5,6)15-27-23/h7-14,16-17H,15H2,1-6H3/b25-21+. The largest absolute Gasteiger partial charge is 0.474 e. The summed E-state index contributed by atoms with van der Waals surface area (Å²) >= 11 is 0. The Morgan fingerprint density at radius 1 is 0.926 bits per heavy atom. The summed E-state index contributed by atoms with van der Waals surface area (Å²) in [6.07, 6.45) is 0. The minimum absolute atomic E-state index is 0.219. The fraction of sp³-hybridized carbons (Fsp3) is 0.417. The van der Waals surface area contributed by atoms with Gasteiger partial charge in [-0.1, -0.05) is 76.2 Å². The molecule has 0 N–H and O–H groups in total. The molecule has 2 aromatic rings. The van der Waals surface area contributed by atoms with Crippen molar-refractivity contribution >= 4 is 17.3 Å². The van der Waals surface area contributed by atoms with E-state index in [0.29, 0.717) is 24.3 Å². The van der Waals surface area contributed by atoms with Gasteiger partial charge in [-0.2, -0.15) is 0 Å². The van der Waals surface area contributed by atoms with Gasteiger partial charge in [0.15, 0.2) is 0 Å². The van der Waals surface area contributed by atoms with Crippen LogP contribution in [-0.2, 0) is 4.74 Å². The quantitative estimate of drug-likeness (QED) is 0.578. The molecule has 0 aliphatic carbocycles. The highest BCUT2D eigenvalue weighted by Crippen LogP contribution is 2.35. The normalized spacial score (nSPS) is 16.6. The van der Waals surface area contributed by atoms with Crippen LogP contribution in [0, 0.1) is 0 Å². The molecule has 1 aliphatic heterocycles. The van der Waals surface area contributed by atoms with Gasteiger partial charge in [-0.05, 0) is 36.8 Å². The van der Waals surface area contributed by atoms with Crippen LogP contribution >= 0.6 is 0 Å². The highest BCUT2D eigenvalue weighted by atomic mass is 16.5. The second kappa shape index (κ2) is 7.67. The number of ether oxygens (including phenoxy) is 1. The molecule has 0 unspecified atom stereocenters. The summed E-state index contributed by atoms with van der Waals surface area (Å²) in [6, 6.07) is 16.7. The van der Waals surface area contributed by atoms with Crippen molar-refractivity contribution in [2.45, 2.75) is 58.9 Å². The molecule has 0 aromatic heterocycles. The van der Waals surface area contributed by atoms with Crippen molar-refractivity contribution < 1.29 is 4.74 Å². The van der Waals surface area contributed by atoms with E-state index in [1.165, 1.54) is 11.1 Å². The molecular formula is C24H30N2O. The Labute approximate surface area is 163 Å². The van der Waals surface area contributed by atoms with Crippen LogP contribution in [0.4, 0.5) is 5.69 Å². The van der Waals surface area contributed by atoms with Crippen molar-refractivity contribution in [3.05, 3.63) is 65.2 Å². The molecule has 0 radical (unpaired) electrons. The topological polar surface area (TPSA) is 34.0 Å². The van der Waals surface area contributed by atoms with Gasteiger partial charge in [-0.3, -0.25) is 0 Å². The molecule has 27 heavy (non-hydrogen) atoms. The van der Waals surface area contributed by atoms with Gasteiger partial charge in [-0.15, -0.1) is 0 Å². The zero-order valence-electron chi connectivity index (χ0n) is 17.3. The number of para-hydroxylation sites is 1. The van der Waals surface area contributed by atoms with E-state index in [2.05, 4.69) is 71.9 Å². The summed E-state index contributed by atoms with van der Waals surface area (Å²) in [5, 5.41) is 0. The first-order valence-electron chi connectivity index (χ1n) is 9.78. The van der Waals surface area contributed by atoms with Gasteiger partial charge in [0, 0.05) is 5.56 Å². The maximum atomic E-state index is 5.98. The number of nitrogens with zero attached hydrogens (tertiary/aromatic N) is 2. The maximum absolute atomic E-state index is 5.98. The number of hydrogen-bond donors (Lipinski definition) is 0. The molecule has 0 spiro atoms.